The number of esters is 1. The van der Waals surface area contributed by atoms with Crippen LogP contribution in [0.15, 0.2) is 36.7 Å². The number of methoxy groups -OCH3 is 1. The number of carbonyl (C=O) groups is 1. The van der Waals surface area contributed by atoms with E-state index in [4.69, 9.17) is 4.74 Å². The average molecular weight is 283 g/mol. The molecule has 1 aliphatic carbocycles. The molecule has 1 aromatic carbocycles. The average Bonchev–Trinajstić information content (AvgIpc) is 3.38. The normalized spacial score (nSPS) is 13.8. The summed E-state index contributed by atoms with van der Waals surface area (Å²) in [7, 11) is 3.44. The highest BCUT2D eigenvalue weighted by molar-refractivity contribution is 5.89. The van der Waals surface area contributed by atoms with E-state index in [0.29, 0.717) is 11.6 Å². The van der Waals surface area contributed by atoms with Gasteiger partial charge in [0, 0.05) is 24.7 Å². The molecule has 0 atom stereocenters. The lowest BCUT2D eigenvalue weighted by atomic mass is 10.1. The van der Waals surface area contributed by atoms with Gasteiger partial charge in [-0.2, -0.15) is 0 Å². The van der Waals surface area contributed by atoms with E-state index in [1.165, 1.54) is 20.0 Å². The summed E-state index contributed by atoms with van der Waals surface area (Å²) in [4.78, 5) is 22.3. The zero-order valence-electron chi connectivity index (χ0n) is 12.1. The van der Waals surface area contributed by atoms with Crippen molar-refractivity contribution in [1.82, 2.24) is 9.97 Å². The summed E-state index contributed by atoms with van der Waals surface area (Å²) in [5.41, 5.74) is 2.34. The molecule has 21 heavy (non-hydrogen) atoms. The van der Waals surface area contributed by atoms with Crippen molar-refractivity contribution < 1.29 is 9.53 Å². The Bertz CT molecular complexity index is 651. The highest BCUT2D eigenvalue weighted by atomic mass is 16.5. The maximum absolute atomic E-state index is 11.4. The van der Waals surface area contributed by atoms with Gasteiger partial charge in [0.05, 0.1) is 18.4 Å². The molecule has 0 bridgehead atoms. The Morgan fingerprint density at radius 2 is 1.95 bits per heavy atom. The van der Waals surface area contributed by atoms with E-state index in [1.807, 2.05) is 18.2 Å². The Morgan fingerprint density at radius 1 is 1.24 bits per heavy atom. The number of aromatic nitrogens is 2. The summed E-state index contributed by atoms with van der Waals surface area (Å²) < 4.78 is 4.69. The Morgan fingerprint density at radius 3 is 2.57 bits per heavy atom. The number of benzene rings is 1. The second kappa shape index (κ2) is 5.52. The predicted molar refractivity (Wildman–Crippen MR) is 80.2 cm³/mol. The minimum atomic E-state index is -0.335. The Balaban J connectivity index is 1.86. The van der Waals surface area contributed by atoms with E-state index in [0.717, 1.165) is 17.1 Å². The Labute approximate surface area is 123 Å². The Hall–Kier alpha value is -2.43. The first-order valence-electron chi connectivity index (χ1n) is 6.92. The monoisotopic (exact) mass is 283 g/mol. The molecule has 2 aromatic rings. The first-order chi connectivity index (χ1) is 10.2. The number of hydrogen-bond donors (Lipinski definition) is 0. The van der Waals surface area contributed by atoms with Crippen LogP contribution < -0.4 is 4.90 Å². The van der Waals surface area contributed by atoms with Gasteiger partial charge in [0.25, 0.3) is 0 Å². The number of anilines is 1. The third-order valence-corrected chi connectivity index (χ3v) is 3.71. The first-order valence-corrected chi connectivity index (χ1v) is 6.92. The largest absolute Gasteiger partial charge is 0.465 e. The van der Waals surface area contributed by atoms with Gasteiger partial charge in [-0.3, -0.25) is 0 Å². The summed E-state index contributed by atoms with van der Waals surface area (Å²) >= 11 is 0. The third-order valence-electron chi connectivity index (χ3n) is 3.71. The first kappa shape index (κ1) is 13.5. The molecule has 0 saturated heterocycles. The molecule has 1 aliphatic rings. The van der Waals surface area contributed by atoms with Gasteiger partial charge in [0.2, 0.25) is 0 Å². The minimum Gasteiger partial charge on any atom is -0.465 e. The van der Waals surface area contributed by atoms with Gasteiger partial charge in [-0.25, -0.2) is 14.8 Å². The highest BCUT2D eigenvalue weighted by Gasteiger charge is 2.27. The minimum absolute atomic E-state index is 0.335. The van der Waals surface area contributed by atoms with Crippen LogP contribution in [0.4, 0.5) is 5.82 Å². The molecule has 0 unspecified atom stereocenters. The number of hydrogen-bond acceptors (Lipinski definition) is 5. The molecule has 1 saturated carbocycles. The highest BCUT2D eigenvalue weighted by Crippen LogP contribution is 2.30. The molecule has 0 aliphatic heterocycles. The number of nitrogens with zero attached hydrogens (tertiary/aromatic N) is 3. The van der Waals surface area contributed by atoms with Crippen LogP contribution in [-0.2, 0) is 4.74 Å². The van der Waals surface area contributed by atoms with Crippen molar-refractivity contribution in [2.45, 2.75) is 18.9 Å². The number of rotatable bonds is 4. The number of carbonyl (C=O) groups excluding carboxylic acids is 1. The zero-order chi connectivity index (χ0) is 14.8. The fourth-order valence-electron chi connectivity index (χ4n) is 2.24. The van der Waals surface area contributed by atoms with E-state index < -0.39 is 0 Å². The third kappa shape index (κ3) is 2.86. The molecule has 5 nitrogen and oxygen atoms in total. The van der Waals surface area contributed by atoms with Crippen molar-refractivity contribution in [1.29, 1.82) is 0 Å². The van der Waals surface area contributed by atoms with Crippen molar-refractivity contribution >= 4 is 11.8 Å². The van der Waals surface area contributed by atoms with Crippen LogP contribution in [0.1, 0.15) is 23.2 Å². The lowest BCUT2D eigenvalue weighted by Gasteiger charge is -2.17. The fraction of sp³-hybridized carbons (Fsp3) is 0.312. The SMILES string of the molecule is COC(=O)c1ccc(-c2cc(N(C)C3CC3)ncn2)cc1. The molecular weight excluding hydrogens is 266 g/mol. The molecule has 0 spiro atoms. The van der Waals surface area contributed by atoms with Crippen LogP contribution in [-0.4, -0.2) is 36.1 Å². The van der Waals surface area contributed by atoms with Crippen LogP contribution in [0.25, 0.3) is 11.3 Å². The van der Waals surface area contributed by atoms with Gasteiger partial charge in [0.1, 0.15) is 12.1 Å². The van der Waals surface area contributed by atoms with E-state index >= 15 is 0 Å². The van der Waals surface area contributed by atoms with Crippen molar-refractivity contribution in [3.8, 4) is 11.3 Å². The molecule has 0 radical (unpaired) electrons. The molecule has 1 fully saturated rings. The van der Waals surface area contributed by atoms with Crippen LogP contribution >= 0.6 is 0 Å². The van der Waals surface area contributed by atoms with Gasteiger partial charge < -0.3 is 9.64 Å². The van der Waals surface area contributed by atoms with Crippen molar-refractivity contribution in [2.75, 3.05) is 19.1 Å². The predicted octanol–water partition coefficient (Wildman–Crippen LogP) is 2.53. The summed E-state index contributed by atoms with van der Waals surface area (Å²) in [6.07, 6.45) is 4.03. The Kier molecular flexibility index (Phi) is 3.56. The maximum atomic E-state index is 11.4. The van der Waals surface area contributed by atoms with Gasteiger partial charge >= 0.3 is 5.97 Å². The van der Waals surface area contributed by atoms with E-state index in [9.17, 15) is 4.79 Å². The standard InChI is InChI=1S/C16H17N3O2/c1-19(13-7-8-13)15-9-14(17-10-18-15)11-3-5-12(6-4-11)16(20)21-2/h3-6,9-10,13H,7-8H2,1-2H3. The van der Waals surface area contributed by atoms with Crippen molar-refractivity contribution in [2.24, 2.45) is 0 Å². The van der Waals surface area contributed by atoms with Gasteiger partial charge in [-0.1, -0.05) is 12.1 Å². The summed E-state index contributed by atoms with van der Waals surface area (Å²) in [6.45, 7) is 0. The fourth-order valence-corrected chi connectivity index (χ4v) is 2.24. The number of ether oxygens (including phenoxy) is 1. The van der Waals surface area contributed by atoms with Crippen molar-refractivity contribution in [3.05, 3.63) is 42.2 Å². The lowest BCUT2D eigenvalue weighted by Crippen LogP contribution is -2.20. The van der Waals surface area contributed by atoms with Crippen LogP contribution in [0.2, 0.25) is 0 Å². The van der Waals surface area contributed by atoms with E-state index in [1.54, 1.807) is 18.5 Å². The topological polar surface area (TPSA) is 55.3 Å². The summed E-state index contributed by atoms with van der Waals surface area (Å²) in [6, 6.07) is 9.81. The summed E-state index contributed by atoms with van der Waals surface area (Å²) in [5.74, 6) is 0.595. The van der Waals surface area contributed by atoms with Crippen molar-refractivity contribution in [3.63, 3.8) is 0 Å². The summed E-state index contributed by atoms with van der Waals surface area (Å²) in [5, 5.41) is 0. The molecule has 1 aromatic heterocycles. The molecule has 1 heterocycles. The molecular formula is C16H17N3O2. The van der Waals surface area contributed by atoms with Crippen LogP contribution in [0, 0.1) is 0 Å². The van der Waals surface area contributed by atoms with E-state index in [2.05, 4.69) is 21.9 Å². The van der Waals surface area contributed by atoms with Gasteiger partial charge in [-0.15, -0.1) is 0 Å². The molecule has 0 amide bonds. The molecule has 3 rings (SSSR count). The van der Waals surface area contributed by atoms with Gasteiger partial charge in [-0.05, 0) is 25.0 Å². The zero-order valence-corrected chi connectivity index (χ0v) is 12.1. The molecule has 0 N–H and O–H groups in total. The lowest BCUT2D eigenvalue weighted by molar-refractivity contribution is 0.0601. The molecule has 108 valence electrons. The van der Waals surface area contributed by atoms with Crippen LogP contribution in [0.5, 0.6) is 0 Å². The van der Waals surface area contributed by atoms with Crippen LogP contribution in [0.3, 0.4) is 0 Å². The second-order valence-electron chi connectivity index (χ2n) is 5.17. The smallest absolute Gasteiger partial charge is 0.337 e. The van der Waals surface area contributed by atoms with E-state index in [-0.39, 0.29) is 5.97 Å². The molecule has 5 heteroatoms. The quantitative estimate of drug-likeness (QED) is 0.807. The second-order valence-corrected chi connectivity index (χ2v) is 5.17. The maximum Gasteiger partial charge on any atom is 0.337 e. The van der Waals surface area contributed by atoms with Gasteiger partial charge in [0.15, 0.2) is 0 Å².